The van der Waals surface area contributed by atoms with Gasteiger partial charge in [0.15, 0.2) is 11.5 Å². The molecule has 1 N–H and O–H groups in total. The minimum atomic E-state index is -0.883. The monoisotopic (exact) mass is 501 g/mol. The summed E-state index contributed by atoms with van der Waals surface area (Å²) in [7, 11) is 0. The number of anilines is 1. The van der Waals surface area contributed by atoms with Crippen molar-refractivity contribution in [2.45, 2.75) is 19.9 Å². The van der Waals surface area contributed by atoms with Gasteiger partial charge in [-0.15, -0.1) is 0 Å². The van der Waals surface area contributed by atoms with Crippen LogP contribution < -0.4 is 23.8 Å². The number of carbonyl (C=O) groups excluding carboxylic acids is 2. The zero-order valence-corrected chi connectivity index (χ0v) is 20.6. The lowest BCUT2D eigenvalue weighted by Gasteiger charge is -2.26. The third kappa shape index (κ3) is 4.58. The van der Waals surface area contributed by atoms with Crippen LogP contribution in [0.1, 0.15) is 31.0 Å². The summed E-state index contributed by atoms with van der Waals surface area (Å²) in [5.74, 6) is 0.439. The maximum atomic E-state index is 13.4. The molecule has 190 valence electrons. The number of hydrogen-bond acceptors (Lipinski definition) is 7. The third-order valence-electron chi connectivity index (χ3n) is 6.17. The van der Waals surface area contributed by atoms with Gasteiger partial charge < -0.3 is 24.1 Å². The van der Waals surface area contributed by atoms with Crippen LogP contribution in [0, 0.1) is 0 Å². The second kappa shape index (κ2) is 10.3. The molecule has 1 atom stereocenters. The molecule has 1 saturated heterocycles. The summed E-state index contributed by atoms with van der Waals surface area (Å²) < 4.78 is 22.4. The first-order valence-corrected chi connectivity index (χ1v) is 12.2. The number of hydrogen-bond donors (Lipinski definition) is 1. The zero-order chi connectivity index (χ0) is 25.9. The number of ether oxygens (including phenoxy) is 4. The van der Waals surface area contributed by atoms with Crippen LogP contribution in [0.4, 0.5) is 5.69 Å². The summed E-state index contributed by atoms with van der Waals surface area (Å²) in [6, 6.07) is 18.2. The largest absolute Gasteiger partial charge is 0.507 e. The maximum Gasteiger partial charge on any atom is 0.300 e. The van der Waals surface area contributed by atoms with Crippen molar-refractivity contribution in [3.8, 4) is 23.0 Å². The number of nitrogens with zero attached hydrogens (tertiary/aromatic N) is 1. The average molecular weight is 502 g/mol. The van der Waals surface area contributed by atoms with Crippen molar-refractivity contribution in [2.75, 3.05) is 31.3 Å². The van der Waals surface area contributed by atoms with Crippen molar-refractivity contribution < 1.29 is 33.6 Å². The Morgan fingerprint density at radius 2 is 1.59 bits per heavy atom. The van der Waals surface area contributed by atoms with Crippen LogP contribution in [-0.4, -0.2) is 43.2 Å². The highest BCUT2D eigenvalue weighted by molar-refractivity contribution is 6.51. The maximum absolute atomic E-state index is 13.4. The summed E-state index contributed by atoms with van der Waals surface area (Å²) in [4.78, 5) is 28.2. The predicted molar refractivity (Wildman–Crippen MR) is 137 cm³/mol. The molecule has 37 heavy (non-hydrogen) atoms. The molecule has 2 aliphatic heterocycles. The van der Waals surface area contributed by atoms with E-state index < -0.39 is 17.7 Å². The molecule has 0 aliphatic carbocycles. The molecule has 5 rings (SSSR count). The average Bonchev–Trinajstić information content (AvgIpc) is 3.19. The van der Waals surface area contributed by atoms with E-state index >= 15 is 0 Å². The molecule has 8 heteroatoms. The minimum absolute atomic E-state index is 0.0239. The number of ketones is 1. The van der Waals surface area contributed by atoms with Crippen molar-refractivity contribution >= 4 is 23.1 Å². The first-order valence-electron chi connectivity index (χ1n) is 12.2. The molecule has 0 aromatic heterocycles. The molecule has 0 spiro atoms. The smallest absolute Gasteiger partial charge is 0.300 e. The van der Waals surface area contributed by atoms with E-state index in [0.717, 1.165) is 0 Å². The Labute approximate surface area is 214 Å². The normalized spacial score (nSPS) is 18.1. The minimum Gasteiger partial charge on any atom is -0.507 e. The second-order valence-electron chi connectivity index (χ2n) is 8.46. The fraction of sp³-hybridized carbons (Fsp3) is 0.241. The van der Waals surface area contributed by atoms with Gasteiger partial charge in [-0.25, -0.2) is 0 Å². The van der Waals surface area contributed by atoms with Gasteiger partial charge in [-0.05, 0) is 74.0 Å². The van der Waals surface area contributed by atoms with Crippen molar-refractivity contribution in [3.05, 3.63) is 83.4 Å². The fourth-order valence-electron chi connectivity index (χ4n) is 4.57. The highest BCUT2D eigenvalue weighted by Gasteiger charge is 2.47. The van der Waals surface area contributed by atoms with Gasteiger partial charge >= 0.3 is 0 Å². The summed E-state index contributed by atoms with van der Waals surface area (Å²) in [5, 5.41) is 11.4. The first kappa shape index (κ1) is 24.2. The molecule has 3 aromatic carbocycles. The van der Waals surface area contributed by atoms with Crippen LogP contribution >= 0.6 is 0 Å². The number of fused-ring (bicyclic) bond motifs is 1. The van der Waals surface area contributed by atoms with Crippen molar-refractivity contribution in [1.82, 2.24) is 0 Å². The molecule has 0 bridgehead atoms. The standard InChI is InChI=1S/C29H27NO7/c1-3-34-21-11-9-20(10-12-21)30-26(18-6-5-7-22(16-18)35-4-2)25(28(32)29(30)33)27(31)19-8-13-23-24(17-19)37-15-14-36-23/h5-13,16-17,26,31H,3-4,14-15H2,1-2H3/b27-25-. The molecule has 2 aliphatic rings. The molecule has 2 heterocycles. The van der Waals surface area contributed by atoms with Gasteiger partial charge in [-0.1, -0.05) is 12.1 Å². The SMILES string of the molecule is CCOc1ccc(N2C(=O)C(=O)/C(=C(\O)c3ccc4c(c3)OCCO4)C2c2cccc(OCC)c2)cc1. The van der Waals surface area contributed by atoms with E-state index in [1.807, 2.05) is 13.8 Å². The number of benzene rings is 3. The molecule has 3 aromatic rings. The fourth-order valence-corrected chi connectivity index (χ4v) is 4.57. The summed E-state index contributed by atoms with van der Waals surface area (Å²) in [6.45, 7) is 5.53. The first-order chi connectivity index (χ1) is 18.0. The lowest BCUT2D eigenvalue weighted by atomic mass is 9.94. The number of aliphatic hydroxyl groups excluding tert-OH is 1. The van der Waals surface area contributed by atoms with E-state index in [1.54, 1.807) is 66.7 Å². The number of carbonyl (C=O) groups is 2. The topological polar surface area (TPSA) is 94.5 Å². The highest BCUT2D eigenvalue weighted by Crippen LogP contribution is 2.44. The second-order valence-corrected chi connectivity index (χ2v) is 8.46. The van der Waals surface area contributed by atoms with Crippen LogP contribution in [0.3, 0.4) is 0 Å². The van der Waals surface area contributed by atoms with Crippen molar-refractivity contribution in [2.24, 2.45) is 0 Å². The molecular weight excluding hydrogens is 474 g/mol. The third-order valence-corrected chi connectivity index (χ3v) is 6.17. The Morgan fingerprint density at radius 1 is 0.892 bits per heavy atom. The summed E-state index contributed by atoms with van der Waals surface area (Å²) in [6.07, 6.45) is 0. The van der Waals surface area contributed by atoms with Gasteiger partial charge in [0.25, 0.3) is 11.7 Å². The van der Waals surface area contributed by atoms with Crippen molar-refractivity contribution in [1.29, 1.82) is 0 Å². The quantitative estimate of drug-likeness (QED) is 0.280. The van der Waals surface area contributed by atoms with Gasteiger partial charge in [-0.3, -0.25) is 14.5 Å². The van der Waals surface area contributed by atoms with E-state index in [2.05, 4.69) is 0 Å². The Bertz CT molecular complexity index is 1360. The van der Waals surface area contributed by atoms with Crippen molar-refractivity contribution in [3.63, 3.8) is 0 Å². The van der Waals surface area contributed by atoms with Crippen LogP contribution in [0.15, 0.2) is 72.3 Å². The zero-order valence-electron chi connectivity index (χ0n) is 20.6. The lowest BCUT2D eigenvalue weighted by Crippen LogP contribution is -2.29. The predicted octanol–water partition coefficient (Wildman–Crippen LogP) is 4.88. The Balaban J connectivity index is 1.66. The van der Waals surface area contributed by atoms with Crippen LogP contribution in [0.5, 0.6) is 23.0 Å². The van der Waals surface area contributed by atoms with Gasteiger partial charge in [0.1, 0.15) is 30.5 Å². The molecule has 0 saturated carbocycles. The molecule has 1 fully saturated rings. The van der Waals surface area contributed by atoms with Gasteiger partial charge in [0, 0.05) is 11.3 Å². The lowest BCUT2D eigenvalue weighted by molar-refractivity contribution is -0.132. The Kier molecular flexibility index (Phi) is 6.72. The molecular formula is C29H27NO7. The number of aliphatic hydroxyl groups is 1. The molecule has 1 amide bonds. The number of rotatable bonds is 7. The van der Waals surface area contributed by atoms with E-state index in [-0.39, 0.29) is 11.3 Å². The molecule has 1 unspecified atom stereocenters. The summed E-state index contributed by atoms with van der Waals surface area (Å²) in [5.41, 5.74) is 1.45. The van der Waals surface area contributed by atoms with Crippen LogP contribution in [-0.2, 0) is 9.59 Å². The van der Waals surface area contributed by atoms with E-state index in [1.165, 1.54) is 4.90 Å². The van der Waals surface area contributed by atoms with Crippen LogP contribution in [0.2, 0.25) is 0 Å². The van der Waals surface area contributed by atoms with E-state index in [9.17, 15) is 14.7 Å². The number of Topliss-reactive ketones (excluding diaryl/α,β-unsaturated/α-hetero) is 1. The van der Waals surface area contributed by atoms with E-state index in [4.69, 9.17) is 18.9 Å². The van der Waals surface area contributed by atoms with E-state index in [0.29, 0.717) is 66.2 Å². The molecule has 0 radical (unpaired) electrons. The van der Waals surface area contributed by atoms with Gasteiger partial charge in [-0.2, -0.15) is 0 Å². The number of amides is 1. The summed E-state index contributed by atoms with van der Waals surface area (Å²) >= 11 is 0. The van der Waals surface area contributed by atoms with Crippen LogP contribution in [0.25, 0.3) is 5.76 Å². The van der Waals surface area contributed by atoms with Gasteiger partial charge in [0.2, 0.25) is 0 Å². The molecule has 8 nitrogen and oxygen atoms in total. The highest BCUT2D eigenvalue weighted by atomic mass is 16.6. The Hall–Kier alpha value is -4.46. The Morgan fingerprint density at radius 3 is 2.32 bits per heavy atom. The van der Waals surface area contributed by atoms with Gasteiger partial charge in [0.05, 0.1) is 24.8 Å².